The average molecular weight is 454 g/mol. The molecule has 1 aliphatic rings. The summed E-state index contributed by atoms with van der Waals surface area (Å²) in [6.45, 7) is 1.74. The molecule has 0 bridgehead atoms. The van der Waals surface area contributed by atoms with Gasteiger partial charge in [0, 0.05) is 18.8 Å². The van der Waals surface area contributed by atoms with Crippen molar-refractivity contribution in [3.63, 3.8) is 0 Å². The van der Waals surface area contributed by atoms with Gasteiger partial charge in [-0.1, -0.05) is 24.9 Å². The third-order valence-corrected chi connectivity index (χ3v) is 6.52. The van der Waals surface area contributed by atoms with Gasteiger partial charge in [-0.25, -0.2) is 17.9 Å². The zero-order valence-electron chi connectivity index (χ0n) is 16.2. The zero-order chi connectivity index (χ0) is 21.9. The number of pyridine rings is 1. The molecule has 7 nitrogen and oxygen atoms in total. The average Bonchev–Trinajstić information content (AvgIpc) is 3.06. The van der Waals surface area contributed by atoms with E-state index in [2.05, 4.69) is 4.98 Å². The summed E-state index contributed by atoms with van der Waals surface area (Å²) in [6.07, 6.45) is 0.163. The van der Waals surface area contributed by atoms with Crippen molar-refractivity contribution in [1.82, 2.24) is 9.29 Å². The minimum atomic E-state index is -1.73. The number of hydrogen-bond donors (Lipinski definition) is 2. The van der Waals surface area contributed by atoms with E-state index in [4.69, 9.17) is 21.6 Å². The fourth-order valence-electron chi connectivity index (χ4n) is 3.32. The number of benzene rings is 1. The van der Waals surface area contributed by atoms with Crippen molar-refractivity contribution in [3.05, 3.63) is 52.9 Å². The van der Waals surface area contributed by atoms with Crippen molar-refractivity contribution in [2.75, 3.05) is 13.1 Å². The summed E-state index contributed by atoms with van der Waals surface area (Å²) in [5, 5.41) is 31.4. The highest BCUT2D eigenvalue weighted by Gasteiger charge is 2.53. The number of aromatic nitrogens is 1. The van der Waals surface area contributed by atoms with Crippen LogP contribution in [0, 0.1) is 17.1 Å². The summed E-state index contributed by atoms with van der Waals surface area (Å²) in [6, 6.07) is 8.53. The first kappa shape index (κ1) is 22.6. The van der Waals surface area contributed by atoms with Crippen LogP contribution in [0.15, 0.2) is 41.6 Å². The molecule has 2 N–H and O–H groups in total. The lowest BCUT2D eigenvalue weighted by molar-refractivity contribution is -0.114. The summed E-state index contributed by atoms with van der Waals surface area (Å²) in [7, 11) is -1.73. The second-order valence-corrected chi connectivity index (χ2v) is 8.91. The number of hydrogen-bond acceptors (Lipinski definition) is 6. The molecule has 0 radical (unpaired) electrons. The Morgan fingerprint density at radius 3 is 2.87 bits per heavy atom. The Hall–Kier alpha value is -2.09. The van der Waals surface area contributed by atoms with Gasteiger partial charge in [0.05, 0.1) is 23.2 Å². The molecule has 1 aliphatic heterocycles. The van der Waals surface area contributed by atoms with Crippen LogP contribution in [-0.4, -0.2) is 54.6 Å². The topological polar surface area (TPSA) is 107 Å². The predicted octanol–water partition coefficient (Wildman–Crippen LogP) is 2.42. The van der Waals surface area contributed by atoms with Crippen LogP contribution >= 0.6 is 11.6 Å². The second kappa shape index (κ2) is 9.37. The molecule has 160 valence electrons. The fraction of sp³-hybridized carbons (Fsp3) is 0.400. The third-order valence-electron chi connectivity index (χ3n) is 4.95. The number of nitrogens with zero attached hydrogens (tertiary/aromatic N) is 3. The molecule has 0 amide bonds. The number of aliphatic hydroxyl groups is 2. The van der Waals surface area contributed by atoms with E-state index in [0.29, 0.717) is 17.9 Å². The number of β-amino-alcohol motifs (C(OH)–C–C–N with tert-alkyl or cyclic N) is 1. The molecule has 0 saturated carbocycles. The van der Waals surface area contributed by atoms with E-state index in [1.165, 1.54) is 28.7 Å². The molecule has 2 heterocycles. The molecule has 1 saturated heterocycles. The molecule has 1 aromatic heterocycles. The van der Waals surface area contributed by atoms with Crippen molar-refractivity contribution >= 4 is 22.6 Å². The highest BCUT2D eigenvalue weighted by Crippen LogP contribution is 2.33. The largest absolute Gasteiger partial charge is 0.486 e. The number of ether oxygens (including phenoxy) is 1. The maximum Gasteiger partial charge on any atom is 0.146 e. The number of nitriles is 1. The van der Waals surface area contributed by atoms with Gasteiger partial charge in [-0.15, -0.1) is 0 Å². The lowest BCUT2D eigenvalue weighted by Crippen LogP contribution is -2.54. The normalized spacial score (nSPS) is 23.7. The van der Waals surface area contributed by atoms with Gasteiger partial charge >= 0.3 is 0 Å². The Kier molecular flexibility index (Phi) is 7.06. The molecular weight excluding hydrogens is 433 g/mol. The van der Waals surface area contributed by atoms with Crippen molar-refractivity contribution in [1.29, 1.82) is 5.26 Å². The molecule has 30 heavy (non-hydrogen) atoms. The lowest BCUT2D eigenvalue weighted by atomic mass is 9.90. The van der Waals surface area contributed by atoms with Crippen LogP contribution in [0.25, 0.3) is 0 Å². The van der Waals surface area contributed by atoms with E-state index in [1.54, 1.807) is 12.1 Å². The maximum atomic E-state index is 14.0. The van der Waals surface area contributed by atoms with Crippen LogP contribution in [0.5, 0.6) is 5.75 Å². The SMILES string of the molecule is CCCC(O)C1(O)CN(S(=O)c2ccc(Cl)cn2)C[C@@H]1Oc1ccc(C#N)c(F)c1. The van der Waals surface area contributed by atoms with Crippen molar-refractivity contribution in [2.45, 2.75) is 42.6 Å². The molecular formula is C20H21ClFN3O4S. The van der Waals surface area contributed by atoms with Crippen LogP contribution in [0.1, 0.15) is 25.3 Å². The Morgan fingerprint density at radius 2 is 2.27 bits per heavy atom. The van der Waals surface area contributed by atoms with Gasteiger partial charge in [0.25, 0.3) is 0 Å². The summed E-state index contributed by atoms with van der Waals surface area (Å²) in [4.78, 5) is 4.05. The van der Waals surface area contributed by atoms with Gasteiger partial charge in [-0.2, -0.15) is 5.26 Å². The van der Waals surface area contributed by atoms with Gasteiger partial charge in [-0.05, 0) is 30.7 Å². The predicted molar refractivity (Wildman–Crippen MR) is 109 cm³/mol. The molecule has 0 spiro atoms. The Bertz CT molecular complexity index is 972. The van der Waals surface area contributed by atoms with E-state index in [-0.39, 0.29) is 29.4 Å². The van der Waals surface area contributed by atoms with Gasteiger partial charge in [-0.3, -0.25) is 0 Å². The summed E-state index contributed by atoms with van der Waals surface area (Å²) in [5.41, 5.74) is -1.87. The first-order valence-electron chi connectivity index (χ1n) is 9.33. The van der Waals surface area contributed by atoms with Gasteiger partial charge < -0.3 is 14.9 Å². The van der Waals surface area contributed by atoms with Crippen LogP contribution in [0.2, 0.25) is 5.02 Å². The van der Waals surface area contributed by atoms with Crippen molar-refractivity contribution in [3.8, 4) is 11.8 Å². The molecule has 3 unspecified atom stereocenters. The number of aliphatic hydroxyl groups excluding tert-OH is 1. The summed E-state index contributed by atoms with van der Waals surface area (Å²) in [5.74, 6) is -0.660. The van der Waals surface area contributed by atoms with Gasteiger partial charge in [0.1, 0.15) is 45.4 Å². The Balaban J connectivity index is 1.87. The summed E-state index contributed by atoms with van der Waals surface area (Å²) < 4.78 is 34.2. The third kappa shape index (κ3) is 4.63. The highest BCUT2D eigenvalue weighted by molar-refractivity contribution is 7.82. The minimum Gasteiger partial charge on any atom is -0.486 e. The lowest BCUT2D eigenvalue weighted by Gasteiger charge is -2.33. The molecule has 1 aromatic carbocycles. The molecule has 10 heteroatoms. The van der Waals surface area contributed by atoms with Gasteiger partial charge in [0.15, 0.2) is 0 Å². The van der Waals surface area contributed by atoms with Crippen molar-refractivity contribution < 1.29 is 23.5 Å². The fourth-order valence-corrected chi connectivity index (χ4v) is 4.62. The van der Waals surface area contributed by atoms with Crippen LogP contribution in [0.4, 0.5) is 4.39 Å². The molecule has 3 rings (SSSR count). The number of rotatable bonds is 7. The molecule has 4 atom stereocenters. The molecule has 1 fully saturated rings. The monoisotopic (exact) mass is 453 g/mol. The van der Waals surface area contributed by atoms with Gasteiger partial charge in [0.2, 0.25) is 0 Å². The zero-order valence-corrected chi connectivity index (χ0v) is 17.7. The molecule has 2 aromatic rings. The van der Waals surface area contributed by atoms with E-state index < -0.39 is 34.6 Å². The quantitative estimate of drug-likeness (QED) is 0.666. The Labute approximate surface area is 181 Å². The van der Waals surface area contributed by atoms with Crippen molar-refractivity contribution in [2.24, 2.45) is 0 Å². The highest BCUT2D eigenvalue weighted by atomic mass is 35.5. The summed E-state index contributed by atoms with van der Waals surface area (Å²) >= 11 is 5.83. The first-order chi connectivity index (χ1) is 14.3. The van der Waals surface area contributed by atoms with Crippen LogP contribution in [0.3, 0.4) is 0 Å². The smallest absolute Gasteiger partial charge is 0.146 e. The maximum absolute atomic E-state index is 14.0. The van der Waals surface area contributed by atoms with Crippen LogP contribution < -0.4 is 4.74 Å². The molecule has 0 aliphatic carbocycles. The first-order valence-corrected chi connectivity index (χ1v) is 10.8. The van der Waals surface area contributed by atoms with E-state index in [9.17, 15) is 18.8 Å². The number of halogens is 2. The second-order valence-electron chi connectivity index (χ2n) is 7.04. The van der Waals surface area contributed by atoms with E-state index in [0.717, 1.165) is 6.07 Å². The standard InChI is InChI=1S/C20H21ClFN3O4S/c1-2-3-17(26)20(27)12-25(30(28)19-7-5-14(21)10-24-19)11-18(20)29-15-6-4-13(9-23)16(22)8-15/h4-8,10,17-18,26-27H,2-3,11-12H2,1H3/t17?,18-,20?,30?/m0/s1. The van der Waals surface area contributed by atoms with E-state index in [1.807, 2.05) is 6.92 Å². The Morgan fingerprint density at radius 1 is 1.50 bits per heavy atom. The minimum absolute atomic E-state index is 0.00973. The van der Waals surface area contributed by atoms with E-state index >= 15 is 0 Å². The van der Waals surface area contributed by atoms with Crippen LogP contribution in [-0.2, 0) is 11.0 Å².